The molecule has 0 radical (unpaired) electrons. The summed E-state index contributed by atoms with van der Waals surface area (Å²) < 4.78 is 1.98. The summed E-state index contributed by atoms with van der Waals surface area (Å²) in [5.41, 5.74) is 1.48. The lowest BCUT2D eigenvalue weighted by Gasteiger charge is -2.21. The summed E-state index contributed by atoms with van der Waals surface area (Å²) >= 11 is 0. The van der Waals surface area contributed by atoms with Gasteiger partial charge in [0, 0.05) is 26.2 Å². The molecule has 25 heavy (non-hydrogen) atoms. The van der Waals surface area contributed by atoms with Crippen molar-refractivity contribution < 1.29 is 9.59 Å². The van der Waals surface area contributed by atoms with Gasteiger partial charge >= 0.3 is 0 Å². The predicted molar refractivity (Wildman–Crippen MR) is 96.8 cm³/mol. The Kier molecular flexibility index (Phi) is 6.10. The van der Waals surface area contributed by atoms with Crippen LogP contribution in [-0.2, 0) is 13.0 Å². The van der Waals surface area contributed by atoms with Crippen molar-refractivity contribution >= 4 is 11.8 Å². The van der Waals surface area contributed by atoms with Crippen molar-refractivity contribution in [1.82, 2.24) is 19.8 Å². The molecule has 6 heteroatoms. The summed E-state index contributed by atoms with van der Waals surface area (Å²) in [7, 11) is 0. The van der Waals surface area contributed by atoms with E-state index in [0.717, 1.165) is 70.3 Å². The molecule has 0 atom stereocenters. The fourth-order valence-corrected chi connectivity index (χ4v) is 3.77. The highest BCUT2D eigenvalue weighted by Crippen LogP contribution is 2.23. The van der Waals surface area contributed by atoms with E-state index in [-0.39, 0.29) is 11.8 Å². The minimum Gasteiger partial charge on any atom is -0.349 e. The first kappa shape index (κ1) is 18.0. The van der Waals surface area contributed by atoms with Gasteiger partial charge in [-0.2, -0.15) is 0 Å². The average molecular weight is 346 g/mol. The van der Waals surface area contributed by atoms with Gasteiger partial charge in [0.15, 0.2) is 5.82 Å². The molecular formula is C19H30N4O2. The summed E-state index contributed by atoms with van der Waals surface area (Å²) in [6.07, 6.45) is 9.44. The van der Waals surface area contributed by atoms with Gasteiger partial charge < -0.3 is 14.8 Å². The normalized spacial score (nSPS) is 17.7. The van der Waals surface area contributed by atoms with Gasteiger partial charge in [0.2, 0.25) is 0 Å². The minimum absolute atomic E-state index is 0.0140. The Bertz CT molecular complexity index is 615. The van der Waals surface area contributed by atoms with Crippen LogP contribution in [0.25, 0.3) is 0 Å². The number of nitrogens with one attached hydrogen (secondary N) is 1. The van der Waals surface area contributed by atoms with E-state index >= 15 is 0 Å². The molecular weight excluding hydrogens is 316 g/mol. The highest BCUT2D eigenvalue weighted by molar-refractivity contribution is 5.97. The summed E-state index contributed by atoms with van der Waals surface area (Å²) in [6, 6.07) is 0. The van der Waals surface area contributed by atoms with Crippen molar-refractivity contribution in [1.29, 1.82) is 0 Å². The summed E-state index contributed by atoms with van der Waals surface area (Å²) in [6.45, 7) is 5.16. The first-order valence-corrected chi connectivity index (χ1v) is 9.89. The average Bonchev–Trinajstić information content (AvgIpc) is 2.81. The highest BCUT2D eigenvalue weighted by Gasteiger charge is 2.29. The number of rotatable bonds is 5. The van der Waals surface area contributed by atoms with Crippen LogP contribution in [0.3, 0.4) is 0 Å². The summed E-state index contributed by atoms with van der Waals surface area (Å²) in [5.74, 6) is 0.288. The molecule has 0 spiro atoms. The van der Waals surface area contributed by atoms with Crippen LogP contribution in [0, 0.1) is 0 Å². The maximum atomic E-state index is 13.0. The van der Waals surface area contributed by atoms with Gasteiger partial charge in [0.25, 0.3) is 11.8 Å². The number of nitrogens with zero attached hydrogens (tertiary/aromatic N) is 3. The topological polar surface area (TPSA) is 67.2 Å². The quantitative estimate of drug-likeness (QED) is 0.834. The number of amides is 2. The lowest BCUT2D eigenvalue weighted by atomic mass is 10.1. The molecule has 1 N–H and O–H groups in total. The predicted octanol–water partition coefficient (Wildman–Crippen LogP) is 2.77. The Morgan fingerprint density at radius 1 is 1.04 bits per heavy atom. The Hall–Kier alpha value is -1.85. The number of hydrogen-bond donors (Lipinski definition) is 1. The van der Waals surface area contributed by atoms with Crippen LogP contribution in [0.5, 0.6) is 0 Å². The van der Waals surface area contributed by atoms with Crippen molar-refractivity contribution in [3.05, 3.63) is 17.2 Å². The monoisotopic (exact) mass is 346 g/mol. The van der Waals surface area contributed by atoms with Crippen molar-refractivity contribution in [2.45, 2.75) is 71.3 Å². The van der Waals surface area contributed by atoms with Gasteiger partial charge in [-0.3, -0.25) is 9.59 Å². The fourth-order valence-electron chi connectivity index (χ4n) is 3.77. The highest BCUT2D eigenvalue weighted by atomic mass is 16.2. The van der Waals surface area contributed by atoms with Crippen molar-refractivity contribution in [3.8, 4) is 0 Å². The van der Waals surface area contributed by atoms with Crippen LogP contribution < -0.4 is 5.32 Å². The van der Waals surface area contributed by atoms with E-state index in [1.165, 1.54) is 12.8 Å². The number of carbonyl (C=O) groups excluding carboxylic acids is 2. The van der Waals surface area contributed by atoms with E-state index in [1.54, 1.807) is 0 Å². The third-order valence-electron chi connectivity index (χ3n) is 5.23. The molecule has 3 rings (SSSR count). The molecule has 0 bridgehead atoms. The van der Waals surface area contributed by atoms with E-state index in [9.17, 15) is 9.59 Å². The molecule has 1 aromatic heterocycles. The Morgan fingerprint density at radius 2 is 1.76 bits per heavy atom. The van der Waals surface area contributed by atoms with Crippen LogP contribution in [-0.4, -0.2) is 45.9 Å². The van der Waals surface area contributed by atoms with E-state index in [2.05, 4.69) is 17.2 Å². The Balaban J connectivity index is 1.83. The zero-order valence-corrected chi connectivity index (χ0v) is 15.4. The van der Waals surface area contributed by atoms with Crippen molar-refractivity contribution in [2.75, 3.05) is 19.6 Å². The Labute approximate surface area is 150 Å². The van der Waals surface area contributed by atoms with Crippen LogP contribution in [0.1, 0.15) is 85.1 Å². The second-order valence-corrected chi connectivity index (χ2v) is 7.16. The molecule has 2 aliphatic rings. The van der Waals surface area contributed by atoms with E-state index in [0.29, 0.717) is 18.1 Å². The first-order valence-electron chi connectivity index (χ1n) is 9.89. The third kappa shape index (κ3) is 4.05. The maximum absolute atomic E-state index is 13.0. The molecule has 1 saturated heterocycles. The van der Waals surface area contributed by atoms with E-state index < -0.39 is 0 Å². The molecule has 2 amide bonds. The SMILES string of the molecule is CCCCNC(=O)c1nc(C(=O)N2CCCCCC2)c2n1CCCC2. The van der Waals surface area contributed by atoms with Crippen LogP contribution in [0.4, 0.5) is 0 Å². The lowest BCUT2D eigenvalue weighted by Crippen LogP contribution is -2.33. The number of fused-ring (bicyclic) bond motifs is 1. The maximum Gasteiger partial charge on any atom is 0.287 e. The third-order valence-corrected chi connectivity index (χ3v) is 5.23. The number of unbranched alkanes of at least 4 members (excludes halogenated alkanes) is 1. The molecule has 0 aromatic carbocycles. The molecule has 2 aliphatic heterocycles. The fraction of sp³-hybridized carbons (Fsp3) is 0.737. The first-order chi connectivity index (χ1) is 12.2. The van der Waals surface area contributed by atoms with Gasteiger partial charge in [-0.1, -0.05) is 26.2 Å². The van der Waals surface area contributed by atoms with Crippen LogP contribution in [0.2, 0.25) is 0 Å². The molecule has 1 fully saturated rings. The smallest absolute Gasteiger partial charge is 0.287 e. The molecule has 6 nitrogen and oxygen atoms in total. The number of hydrogen-bond acceptors (Lipinski definition) is 3. The van der Waals surface area contributed by atoms with Gasteiger partial charge in [-0.15, -0.1) is 0 Å². The standard InChI is InChI=1S/C19H30N4O2/c1-2-3-11-20-18(24)17-21-16(15-10-6-9-14-23(15)17)19(25)22-12-7-4-5-8-13-22/h2-14H2,1H3,(H,20,24). The molecule has 138 valence electrons. The second-order valence-electron chi connectivity index (χ2n) is 7.16. The molecule has 3 heterocycles. The molecule has 0 saturated carbocycles. The zero-order valence-electron chi connectivity index (χ0n) is 15.4. The van der Waals surface area contributed by atoms with E-state index in [4.69, 9.17) is 0 Å². The number of carbonyl (C=O) groups is 2. The van der Waals surface area contributed by atoms with Crippen LogP contribution >= 0.6 is 0 Å². The van der Waals surface area contributed by atoms with Crippen molar-refractivity contribution in [2.24, 2.45) is 0 Å². The molecule has 0 aliphatic carbocycles. The zero-order chi connectivity index (χ0) is 17.6. The Morgan fingerprint density at radius 3 is 2.48 bits per heavy atom. The van der Waals surface area contributed by atoms with E-state index in [1.807, 2.05) is 9.47 Å². The number of imidazole rings is 1. The van der Waals surface area contributed by atoms with Gasteiger partial charge in [0.1, 0.15) is 5.69 Å². The largest absolute Gasteiger partial charge is 0.349 e. The van der Waals surface area contributed by atoms with Gasteiger partial charge in [-0.05, 0) is 38.5 Å². The summed E-state index contributed by atoms with van der Waals surface area (Å²) in [4.78, 5) is 32.0. The number of likely N-dealkylation sites (tertiary alicyclic amines) is 1. The van der Waals surface area contributed by atoms with Gasteiger partial charge in [0.05, 0.1) is 5.69 Å². The van der Waals surface area contributed by atoms with Crippen LogP contribution in [0.15, 0.2) is 0 Å². The lowest BCUT2D eigenvalue weighted by molar-refractivity contribution is 0.0754. The van der Waals surface area contributed by atoms with Crippen molar-refractivity contribution in [3.63, 3.8) is 0 Å². The summed E-state index contributed by atoms with van der Waals surface area (Å²) in [5, 5.41) is 2.94. The molecule has 1 aromatic rings. The molecule has 0 unspecified atom stereocenters. The second kappa shape index (κ2) is 8.50. The number of aromatic nitrogens is 2. The van der Waals surface area contributed by atoms with Gasteiger partial charge in [-0.25, -0.2) is 4.98 Å². The minimum atomic E-state index is -0.147.